The minimum absolute atomic E-state index is 0.307. The molecule has 1 fully saturated rings. The summed E-state index contributed by atoms with van der Waals surface area (Å²) in [7, 11) is 1.82. The summed E-state index contributed by atoms with van der Waals surface area (Å²) in [5.74, 6) is 1.97. The molecule has 2 atom stereocenters. The van der Waals surface area contributed by atoms with E-state index in [2.05, 4.69) is 22.2 Å². The van der Waals surface area contributed by atoms with Crippen molar-refractivity contribution in [1.29, 1.82) is 0 Å². The third kappa shape index (κ3) is 2.87. The van der Waals surface area contributed by atoms with Gasteiger partial charge in [0.2, 0.25) is 11.8 Å². The number of nitrogens with zero attached hydrogens (tertiary/aromatic N) is 2. The highest BCUT2D eigenvalue weighted by molar-refractivity contribution is 5.32. The lowest BCUT2D eigenvalue weighted by molar-refractivity contribution is 0.0968. The first-order valence-electron chi connectivity index (χ1n) is 6.38. The Morgan fingerprint density at radius 1 is 1.35 bits per heavy atom. The molecule has 1 heterocycles. The molecule has 2 unspecified atom stereocenters. The van der Waals surface area contributed by atoms with E-state index in [0.29, 0.717) is 18.0 Å². The average molecular weight is 235 g/mol. The largest absolute Gasteiger partial charge is 0.474 e. The summed E-state index contributed by atoms with van der Waals surface area (Å²) >= 11 is 0. The van der Waals surface area contributed by atoms with E-state index in [-0.39, 0.29) is 0 Å². The molecule has 1 N–H and O–H groups in total. The van der Waals surface area contributed by atoms with Gasteiger partial charge in [0, 0.05) is 18.8 Å². The number of ether oxygens (including phenoxy) is 1. The zero-order valence-electron chi connectivity index (χ0n) is 10.9. The summed E-state index contributed by atoms with van der Waals surface area (Å²) < 4.78 is 6.05. The van der Waals surface area contributed by atoms with E-state index in [9.17, 15) is 0 Å². The third-order valence-electron chi connectivity index (χ3n) is 3.44. The lowest BCUT2D eigenvalue weighted by Gasteiger charge is -2.29. The second kappa shape index (κ2) is 5.34. The molecular formula is C13H21N3O. The van der Waals surface area contributed by atoms with Gasteiger partial charge in [0.1, 0.15) is 6.10 Å². The molecule has 4 heteroatoms. The second-order valence-electron chi connectivity index (χ2n) is 4.85. The normalized spacial score (nSPS) is 24.4. The third-order valence-corrected chi connectivity index (χ3v) is 3.44. The van der Waals surface area contributed by atoms with Crippen molar-refractivity contribution in [2.75, 3.05) is 12.4 Å². The van der Waals surface area contributed by atoms with Gasteiger partial charge in [0.05, 0.1) is 0 Å². The standard InChI is InChI=1S/C13H21N3O/c1-9-6-4-5-7-11(9)17-12-10(2)8-15-13(14-3)16-12/h8-9,11H,4-7H2,1-3H3,(H,14,15,16). The second-order valence-corrected chi connectivity index (χ2v) is 4.85. The zero-order valence-corrected chi connectivity index (χ0v) is 10.9. The molecule has 0 amide bonds. The Kier molecular flexibility index (Phi) is 3.82. The van der Waals surface area contributed by atoms with Crippen molar-refractivity contribution in [3.05, 3.63) is 11.8 Å². The smallest absolute Gasteiger partial charge is 0.225 e. The molecule has 4 nitrogen and oxygen atoms in total. The predicted octanol–water partition coefficient (Wildman–Crippen LogP) is 2.78. The van der Waals surface area contributed by atoms with Crippen molar-refractivity contribution in [3.63, 3.8) is 0 Å². The topological polar surface area (TPSA) is 47.0 Å². The van der Waals surface area contributed by atoms with Crippen LogP contribution in [0, 0.1) is 12.8 Å². The molecule has 17 heavy (non-hydrogen) atoms. The van der Waals surface area contributed by atoms with Crippen molar-refractivity contribution in [2.24, 2.45) is 5.92 Å². The first-order valence-corrected chi connectivity index (χ1v) is 6.38. The minimum Gasteiger partial charge on any atom is -0.474 e. The fraction of sp³-hybridized carbons (Fsp3) is 0.692. The minimum atomic E-state index is 0.307. The number of rotatable bonds is 3. The van der Waals surface area contributed by atoms with Crippen LogP contribution < -0.4 is 10.1 Å². The number of anilines is 1. The van der Waals surface area contributed by atoms with Crippen LogP contribution in [0.5, 0.6) is 5.88 Å². The van der Waals surface area contributed by atoms with Crippen molar-refractivity contribution in [3.8, 4) is 5.88 Å². The molecule has 0 aliphatic heterocycles. The van der Waals surface area contributed by atoms with Crippen LogP contribution in [0.15, 0.2) is 6.20 Å². The van der Waals surface area contributed by atoms with Crippen molar-refractivity contribution >= 4 is 5.95 Å². The summed E-state index contributed by atoms with van der Waals surface area (Å²) in [4.78, 5) is 8.54. The number of aryl methyl sites for hydroxylation is 1. The molecule has 0 radical (unpaired) electrons. The van der Waals surface area contributed by atoms with Crippen molar-refractivity contribution in [2.45, 2.75) is 45.6 Å². The van der Waals surface area contributed by atoms with Crippen LogP contribution in [0.3, 0.4) is 0 Å². The van der Waals surface area contributed by atoms with Crippen LogP contribution in [0.1, 0.15) is 38.2 Å². The van der Waals surface area contributed by atoms with Gasteiger partial charge in [-0.1, -0.05) is 13.3 Å². The van der Waals surface area contributed by atoms with E-state index in [4.69, 9.17) is 4.74 Å². The van der Waals surface area contributed by atoms with Crippen LogP contribution >= 0.6 is 0 Å². The van der Waals surface area contributed by atoms with Gasteiger partial charge < -0.3 is 10.1 Å². The van der Waals surface area contributed by atoms with Gasteiger partial charge in [-0.3, -0.25) is 0 Å². The number of nitrogens with one attached hydrogen (secondary N) is 1. The number of hydrogen-bond donors (Lipinski definition) is 1. The molecule has 1 aliphatic rings. The maximum Gasteiger partial charge on any atom is 0.225 e. The molecule has 0 bridgehead atoms. The Bertz CT molecular complexity index is 381. The molecule has 0 aromatic carbocycles. The van der Waals surface area contributed by atoms with Crippen LogP contribution in [-0.2, 0) is 0 Å². The van der Waals surface area contributed by atoms with Gasteiger partial charge >= 0.3 is 0 Å². The van der Waals surface area contributed by atoms with E-state index in [1.54, 1.807) is 0 Å². The van der Waals surface area contributed by atoms with E-state index < -0.39 is 0 Å². The van der Waals surface area contributed by atoms with Gasteiger partial charge in [-0.05, 0) is 32.1 Å². The Morgan fingerprint density at radius 2 is 2.12 bits per heavy atom. The Labute approximate surface area is 103 Å². The summed E-state index contributed by atoms with van der Waals surface area (Å²) in [6, 6.07) is 0. The lowest BCUT2D eigenvalue weighted by Crippen LogP contribution is -2.29. The van der Waals surface area contributed by atoms with E-state index in [1.807, 2.05) is 20.2 Å². The van der Waals surface area contributed by atoms with E-state index >= 15 is 0 Å². The Balaban J connectivity index is 2.11. The SMILES string of the molecule is CNc1ncc(C)c(OC2CCCCC2C)n1. The highest BCUT2D eigenvalue weighted by atomic mass is 16.5. The Hall–Kier alpha value is -1.32. The Morgan fingerprint density at radius 3 is 2.82 bits per heavy atom. The molecule has 1 saturated carbocycles. The van der Waals surface area contributed by atoms with Gasteiger partial charge in [-0.15, -0.1) is 0 Å². The number of aromatic nitrogens is 2. The van der Waals surface area contributed by atoms with Crippen LogP contribution in [0.25, 0.3) is 0 Å². The lowest BCUT2D eigenvalue weighted by atomic mass is 9.88. The van der Waals surface area contributed by atoms with E-state index in [1.165, 1.54) is 19.3 Å². The van der Waals surface area contributed by atoms with Crippen LogP contribution in [0.2, 0.25) is 0 Å². The summed E-state index contributed by atoms with van der Waals surface area (Å²) in [5, 5.41) is 2.94. The predicted molar refractivity (Wildman–Crippen MR) is 68.4 cm³/mol. The first-order chi connectivity index (χ1) is 8.20. The highest BCUT2D eigenvalue weighted by Crippen LogP contribution is 2.28. The van der Waals surface area contributed by atoms with Gasteiger partial charge in [0.15, 0.2) is 0 Å². The highest BCUT2D eigenvalue weighted by Gasteiger charge is 2.24. The van der Waals surface area contributed by atoms with Gasteiger partial charge in [0.25, 0.3) is 0 Å². The first kappa shape index (κ1) is 12.1. The summed E-state index contributed by atoms with van der Waals surface area (Å²) in [6.45, 7) is 4.25. The van der Waals surface area contributed by atoms with Gasteiger partial charge in [-0.2, -0.15) is 4.98 Å². The quantitative estimate of drug-likeness (QED) is 0.875. The fourth-order valence-electron chi connectivity index (χ4n) is 2.27. The monoisotopic (exact) mass is 235 g/mol. The molecule has 0 spiro atoms. The molecular weight excluding hydrogens is 214 g/mol. The summed E-state index contributed by atoms with van der Waals surface area (Å²) in [6.07, 6.45) is 7.10. The van der Waals surface area contributed by atoms with E-state index in [0.717, 1.165) is 17.9 Å². The van der Waals surface area contributed by atoms with Crippen molar-refractivity contribution in [1.82, 2.24) is 9.97 Å². The molecule has 0 saturated heterocycles. The average Bonchev–Trinajstić information content (AvgIpc) is 2.35. The zero-order chi connectivity index (χ0) is 12.3. The van der Waals surface area contributed by atoms with Crippen LogP contribution in [-0.4, -0.2) is 23.1 Å². The molecule has 2 rings (SSSR count). The fourth-order valence-corrected chi connectivity index (χ4v) is 2.27. The molecule has 94 valence electrons. The number of hydrogen-bond acceptors (Lipinski definition) is 4. The maximum absolute atomic E-state index is 6.05. The van der Waals surface area contributed by atoms with Crippen LogP contribution in [0.4, 0.5) is 5.95 Å². The van der Waals surface area contributed by atoms with Crippen molar-refractivity contribution < 1.29 is 4.74 Å². The summed E-state index contributed by atoms with van der Waals surface area (Å²) in [5.41, 5.74) is 1.00. The molecule has 1 aromatic rings. The molecule has 1 aromatic heterocycles. The molecule has 1 aliphatic carbocycles. The van der Waals surface area contributed by atoms with Gasteiger partial charge in [-0.25, -0.2) is 4.98 Å². The maximum atomic E-state index is 6.05.